The topological polar surface area (TPSA) is 264 Å². The Morgan fingerprint density at radius 2 is 0.714 bits per heavy atom. The van der Waals surface area contributed by atoms with Gasteiger partial charge in [-0.2, -0.15) is 0 Å². The molecule has 0 spiro atoms. The zero-order valence-electron chi connectivity index (χ0n) is 38.1. The van der Waals surface area contributed by atoms with Gasteiger partial charge in [-0.05, 0) is 165 Å². The fraction of sp³-hybridized carbons (Fsp3) is 0.250. The zero-order chi connectivity index (χ0) is 60.6. The average Bonchev–Trinajstić information content (AvgIpc) is 3.28. The van der Waals surface area contributed by atoms with Gasteiger partial charge in [0, 0.05) is 42.4 Å². The van der Waals surface area contributed by atoms with Crippen LogP contribution in [-0.4, -0.2) is 76.7 Å². The summed E-state index contributed by atoms with van der Waals surface area (Å²) in [5.41, 5.74) is -4.02. The van der Waals surface area contributed by atoms with Crippen molar-refractivity contribution >= 4 is 315 Å². The molecule has 0 radical (unpaired) electrons. The van der Waals surface area contributed by atoms with Gasteiger partial charge in [-0.1, -0.05) is 153 Å². The summed E-state index contributed by atoms with van der Waals surface area (Å²) in [6, 6.07) is 19.4. The first-order valence-corrected chi connectivity index (χ1v) is 56.8. The van der Waals surface area contributed by atoms with E-state index in [0.29, 0.717) is 5.92 Å². The Bertz CT molecular complexity index is 3690. The summed E-state index contributed by atoms with van der Waals surface area (Å²) in [5, 5.41) is 47.0. The molecule has 0 unspecified atom stereocenters. The van der Waals surface area contributed by atoms with Crippen molar-refractivity contribution in [1.29, 1.82) is 0 Å². The predicted molar refractivity (Wildman–Crippen MR) is 380 cm³/mol. The Labute approximate surface area is 581 Å². The van der Waals surface area contributed by atoms with Crippen molar-refractivity contribution in [1.82, 2.24) is 0 Å². The quantitative estimate of drug-likeness (QED) is 0.0306. The van der Waals surface area contributed by atoms with E-state index in [4.69, 9.17) is 254 Å². The predicted octanol–water partition coefficient (Wildman–Crippen LogP) is -0.535. The number of aryl methyl sites for hydroxylation is 1. The van der Waals surface area contributed by atoms with Crippen molar-refractivity contribution in [3.05, 3.63) is 107 Å². The minimum Gasteiger partial charge on any atom is -0.480 e. The van der Waals surface area contributed by atoms with Crippen LogP contribution in [0.5, 0.6) is 0 Å². The van der Waals surface area contributed by atoms with Gasteiger partial charge in [-0.15, -0.1) is 0 Å². The molecule has 0 fully saturated rings. The molecule has 3 aromatic rings. The molecule has 0 bridgehead atoms. The molecule has 0 aliphatic carbocycles. The summed E-state index contributed by atoms with van der Waals surface area (Å²) in [6.07, 6.45) is 0.804. The Hall–Kier alpha value is 3.94. The SMILES string of the molecule is CC(C)Cc1ccc(C(O)(C(=O)O)C(=O)O)cc1.Cc1ccc(C(O)(C(=O)O)C(=O)O)cc1.O=C(O)C(C(=O)O)c1ccccc1.S=[S-](=S)S(=S)(=S)S(=S)(=S)S(=S)(=S)S(=S)(=S)S(=S)(=S)S(=S)(=S)S(=S)(=S)S(=S)(=S)[S-](=S)=S.[K+]. The molecule has 0 saturated heterocycles. The Kier molecular flexibility index (Phi) is 35.5. The second kappa shape index (κ2) is 33.0. The summed E-state index contributed by atoms with van der Waals surface area (Å²) in [4.78, 5) is 64.3. The molecule has 0 aliphatic heterocycles. The molecule has 0 aromatic heterocycles. The molecule has 428 valence electrons. The van der Waals surface area contributed by atoms with Crippen LogP contribution in [0.15, 0.2) is 78.9 Å². The second-order valence-corrected chi connectivity index (χ2v) is 110. The minimum atomic E-state index is -3.25. The van der Waals surface area contributed by atoms with Gasteiger partial charge >= 0.3 is 87.2 Å². The van der Waals surface area contributed by atoms with Crippen LogP contribution in [-0.2, 0) is 326 Å². The molecule has 3 aromatic carbocycles. The summed E-state index contributed by atoms with van der Waals surface area (Å²) in [6.45, 7) is 5.85. The van der Waals surface area contributed by atoms with Crippen molar-refractivity contribution in [2.24, 2.45) is 5.92 Å². The van der Waals surface area contributed by atoms with Gasteiger partial charge in [0.2, 0.25) is 0 Å². The first kappa shape index (κ1) is 83.0. The smallest absolute Gasteiger partial charge is 0.480 e. The fourth-order valence-corrected chi connectivity index (χ4v) is 186. The normalized spacial score (nSPS) is 12.7. The van der Waals surface area contributed by atoms with E-state index in [0.717, 1.165) is 17.5 Å². The largest absolute Gasteiger partial charge is 1.00 e. The molecule has 3 rings (SSSR count). The van der Waals surface area contributed by atoms with Crippen LogP contribution < -0.4 is 51.4 Å². The third kappa shape index (κ3) is 19.2. The molecule has 77 heavy (non-hydrogen) atoms. The van der Waals surface area contributed by atoms with Crippen LogP contribution in [0.3, 0.4) is 0 Å². The van der Waals surface area contributed by atoms with E-state index in [1.807, 2.05) is 13.8 Å². The standard InChI is InChI=1S/C13H16O5.C10H10O5.C9H8O4.K.S30/c1-8(2)7-9-3-5-10(6-4-9)13(18,11(14)15)12(16)17;1-6-2-4-7(5-3-6)10(15,8(11)12)9(13)14;10-8(11)7(9(12)13)6-4-2-1-3-5-6;;1-21(2)23(5,6)25(9,10)27(13,14)29(17,18)30(19,20)28(15,16)26(11,12)24(7,8)22(3)4/h3-6,8,18H,7H2,1-2H3,(H,14,15)(H,16,17);2-5,15H,1H3,(H,11,12)(H,13,14);1-5,7H,(H,10,11)(H,12,13);;/q;;;+1;-2. The van der Waals surface area contributed by atoms with Gasteiger partial charge in [0.05, 0.1) is 0 Å². The van der Waals surface area contributed by atoms with Crippen LogP contribution in [0.25, 0.3) is 0 Å². The Balaban J connectivity index is 0. The first-order chi connectivity index (χ1) is 33.9. The molecule has 8 N–H and O–H groups in total. The molecular weight excluding hydrogens is 1610 g/mol. The molecule has 45 heteroatoms. The van der Waals surface area contributed by atoms with Crippen molar-refractivity contribution in [3.8, 4) is 0 Å². The second-order valence-electron chi connectivity index (χ2n) is 14.0. The number of carboxylic acid groups (broad SMARTS) is 6. The summed E-state index contributed by atoms with van der Waals surface area (Å²) < 4.78 is 0. The van der Waals surface area contributed by atoms with E-state index in [1.54, 1.807) is 37.3 Å². The van der Waals surface area contributed by atoms with E-state index >= 15 is 0 Å². The fourth-order valence-electron chi connectivity index (χ4n) is 4.61. The molecule has 0 atom stereocenters. The van der Waals surface area contributed by atoms with E-state index in [9.17, 15) is 39.0 Å². The maximum Gasteiger partial charge on any atom is 1.00 e. The molecule has 0 saturated carbocycles. The van der Waals surface area contributed by atoms with Crippen molar-refractivity contribution in [2.45, 2.75) is 44.3 Å². The number of hydrogen-bond donors (Lipinski definition) is 8. The van der Waals surface area contributed by atoms with Crippen LogP contribution in [0.2, 0.25) is 0 Å². The number of aliphatic carboxylic acids is 6. The maximum absolute atomic E-state index is 10.9. The number of carboxylic acids is 6. The van der Waals surface area contributed by atoms with Crippen molar-refractivity contribution < 1.29 is 121 Å². The number of aliphatic hydroxyl groups is 2. The van der Waals surface area contributed by atoms with Crippen LogP contribution >= 0.6 is 0 Å². The molecule has 0 aliphatic rings. The first-order valence-electron chi connectivity index (χ1n) is 18.2. The summed E-state index contributed by atoms with van der Waals surface area (Å²) in [7, 11) is -2.68. The van der Waals surface area contributed by atoms with E-state index in [2.05, 4.69) is 0 Å². The van der Waals surface area contributed by atoms with Gasteiger partial charge in [0.1, 0.15) is 0 Å². The van der Waals surface area contributed by atoms with Gasteiger partial charge < -0.3 is 40.9 Å². The van der Waals surface area contributed by atoms with Crippen molar-refractivity contribution in [2.75, 3.05) is 0 Å². The van der Waals surface area contributed by atoms with Gasteiger partial charge in [0.15, 0.2) is 5.92 Å². The Morgan fingerprint density at radius 3 is 0.948 bits per heavy atom. The van der Waals surface area contributed by atoms with E-state index in [-0.39, 0.29) is 68.1 Å². The summed E-state index contributed by atoms with van der Waals surface area (Å²) in [5.74, 6) is -10.9. The molecular formula is C32H34KO14S30-. The van der Waals surface area contributed by atoms with Crippen LogP contribution in [0.1, 0.15) is 47.6 Å². The van der Waals surface area contributed by atoms with Gasteiger partial charge in [-0.3, -0.25) is 23.7 Å². The van der Waals surface area contributed by atoms with E-state index in [1.165, 1.54) is 48.5 Å². The Morgan fingerprint density at radius 1 is 0.455 bits per heavy atom. The van der Waals surface area contributed by atoms with Crippen LogP contribution in [0, 0.1) is 12.8 Å². The molecule has 14 nitrogen and oxygen atoms in total. The van der Waals surface area contributed by atoms with Crippen molar-refractivity contribution in [3.63, 3.8) is 0 Å². The maximum atomic E-state index is 10.9. The minimum absolute atomic E-state index is 0. The average molecular weight is 1640 g/mol. The monoisotopic (exact) mass is 1640 g/mol. The molecule has 0 heterocycles. The van der Waals surface area contributed by atoms with E-state index < -0.39 is 109 Å². The molecule has 0 amide bonds. The van der Waals surface area contributed by atoms with Gasteiger partial charge in [-0.25, -0.2) is 63.9 Å². The van der Waals surface area contributed by atoms with Gasteiger partial charge in [0.25, 0.3) is 11.2 Å². The third-order valence-corrected chi connectivity index (χ3v) is 175. The zero-order valence-corrected chi connectivity index (χ0v) is 65.8. The number of rotatable bonds is 20. The number of carbonyl (C=O) groups is 6. The third-order valence-electron chi connectivity index (χ3n) is 8.43. The number of hydrogen-bond acceptors (Lipinski definition) is 30. The van der Waals surface area contributed by atoms with Crippen LogP contribution in [0.4, 0.5) is 0 Å². The number of benzene rings is 3. The summed E-state index contributed by atoms with van der Waals surface area (Å²) >= 11 is 110.